The van der Waals surface area contributed by atoms with E-state index in [2.05, 4.69) is 29.6 Å². The molecule has 162 valence electrons. The van der Waals surface area contributed by atoms with E-state index in [1.54, 1.807) is 4.90 Å². The highest BCUT2D eigenvalue weighted by atomic mass is 35.5. The Bertz CT molecular complexity index is 858. The topological polar surface area (TPSA) is 50.8 Å². The number of benzene rings is 2. The molecule has 1 aliphatic rings. The van der Waals surface area contributed by atoms with Gasteiger partial charge in [-0.3, -0.25) is 4.90 Å². The first-order valence-corrected chi connectivity index (χ1v) is 10.7. The van der Waals surface area contributed by atoms with Gasteiger partial charge in [-0.1, -0.05) is 23.7 Å². The van der Waals surface area contributed by atoms with Crippen LogP contribution in [0.1, 0.15) is 46.6 Å². The number of nitrogens with one attached hydrogen (secondary N) is 1. The molecular weight excluding hydrogens is 400 g/mol. The van der Waals surface area contributed by atoms with E-state index in [1.807, 2.05) is 58.9 Å². The summed E-state index contributed by atoms with van der Waals surface area (Å²) >= 11 is 5.93. The van der Waals surface area contributed by atoms with Crippen LogP contribution in [0.25, 0.3) is 0 Å². The molecule has 30 heavy (non-hydrogen) atoms. The Balaban J connectivity index is 1.59. The molecule has 2 aromatic rings. The molecule has 1 aliphatic heterocycles. The zero-order valence-corrected chi connectivity index (χ0v) is 19.1. The second kappa shape index (κ2) is 8.86. The van der Waals surface area contributed by atoms with E-state index < -0.39 is 11.3 Å². The van der Waals surface area contributed by atoms with Crippen molar-refractivity contribution in [2.45, 2.75) is 64.8 Å². The molecule has 1 fully saturated rings. The van der Waals surface area contributed by atoms with Crippen LogP contribution in [0.5, 0.6) is 0 Å². The maximum Gasteiger partial charge on any atom is 0.412 e. The minimum Gasteiger partial charge on any atom is -0.444 e. The number of carbonyl (C=O) groups is 1. The second-order valence-electron chi connectivity index (χ2n) is 9.13. The monoisotopic (exact) mass is 430 g/mol. The molecule has 0 radical (unpaired) electrons. The van der Waals surface area contributed by atoms with Crippen molar-refractivity contribution in [3.63, 3.8) is 0 Å². The van der Waals surface area contributed by atoms with Crippen molar-refractivity contribution in [2.24, 2.45) is 0 Å². The van der Waals surface area contributed by atoms with Crippen molar-refractivity contribution >= 4 is 29.1 Å². The smallest absolute Gasteiger partial charge is 0.412 e. The highest BCUT2D eigenvalue weighted by molar-refractivity contribution is 6.30. The van der Waals surface area contributed by atoms with Gasteiger partial charge in [-0.25, -0.2) is 4.79 Å². The molecule has 6 heteroatoms. The predicted octanol–water partition coefficient (Wildman–Crippen LogP) is 6.39. The summed E-state index contributed by atoms with van der Waals surface area (Å²) in [4.78, 5) is 14.5. The van der Waals surface area contributed by atoms with Gasteiger partial charge in [0.1, 0.15) is 11.3 Å². The van der Waals surface area contributed by atoms with Crippen LogP contribution in [0, 0.1) is 0 Å². The molecule has 0 bridgehead atoms. The van der Waals surface area contributed by atoms with Gasteiger partial charge >= 0.3 is 6.09 Å². The van der Waals surface area contributed by atoms with Crippen molar-refractivity contribution in [3.05, 3.63) is 59.1 Å². The van der Waals surface area contributed by atoms with Gasteiger partial charge in [0, 0.05) is 16.4 Å². The molecule has 0 spiro atoms. The molecule has 0 unspecified atom stereocenters. The molecule has 5 nitrogen and oxygen atoms in total. The SMILES string of the molecule is CC(C)(C)OC(=O)N1[C@@H](CCc2ccc(Nc3ccc(Cl)cc3)cc2)COC1(C)C. The van der Waals surface area contributed by atoms with E-state index in [4.69, 9.17) is 21.1 Å². The summed E-state index contributed by atoms with van der Waals surface area (Å²) in [6, 6.07) is 15.9. The van der Waals surface area contributed by atoms with Crippen molar-refractivity contribution in [1.82, 2.24) is 4.90 Å². The lowest BCUT2D eigenvalue weighted by Gasteiger charge is -2.35. The quantitative estimate of drug-likeness (QED) is 0.597. The van der Waals surface area contributed by atoms with Crippen LogP contribution in [-0.2, 0) is 15.9 Å². The van der Waals surface area contributed by atoms with Crippen molar-refractivity contribution in [3.8, 4) is 0 Å². The van der Waals surface area contributed by atoms with E-state index in [0.29, 0.717) is 6.61 Å². The van der Waals surface area contributed by atoms with Gasteiger partial charge in [-0.2, -0.15) is 0 Å². The largest absolute Gasteiger partial charge is 0.444 e. The molecule has 1 amide bonds. The summed E-state index contributed by atoms with van der Waals surface area (Å²) in [5.74, 6) is 0. The Morgan fingerprint density at radius 1 is 1.13 bits per heavy atom. The van der Waals surface area contributed by atoms with Crippen molar-refractivity contribution in [1.29, 1.82) is 0 Å². The Morgan fingerprint density at radius 2 is 1.70 bits per heavy atom. The Labute approximate surface area is 184 Å². The Morgan fingerprint density at radius 3 is 2.27 bits per heavy atom. The average molecular weight is 431 g/mol. The predicted molar refractivity (Wildman–Crippen MR) is 121 cm³/mol. The maximum atomic E-state index is 12.7. The summed E-state index contributed by atoms with van der Waals surface area (Å²) < 4.78 is 11.5. The third-order valence-corrected chi connectivity index (χ3v) is 5.27. The van der Waals surface area contributed by atoms with Gasteiger partial charge < -0.3 is 14.8 Å². The van der Waals surface area contributed by atoms with Gasteiger partial charge in [-0.15, -0.1) is 0 Å². The summed E-state index contributed by atoms with van der Waals surface area (Å²) in [6.07, 6.45) is 1.34. The molecule has 3 rings (SSSR count). The first-order chi connectivity index (χ1) is 14.0. The molecule has 0 saturated carbocycles. The summed E-state index contributed by atoms with van der Waals surface area (Å²) in [5, 5.41) is 4.08. The van der Waals surface area contributed by atoms with Crippen LogP contribution in [0.2, 0.25) is 5.02 Å². The molecule has 1 N–H and O–H groups in total. The fourth-order valence-corrected chi connectivity index (χ4v) is 3.69. The third-order valence-electron chi connectivity index (χ3n) is 5.02. The number of hydrogen-bond donors (Lipinski definition) is 1. The molecular formula is C24H31ClN2O3. The lowest BCUT2D eigenvalue weighted by atomic mass is 10.0. The first kappa shape index (κ1) is 22.4. The highest BCUT2D eigenvalue weighted by Crippen LogP contribution is 2.31. The van der Waals surface area contributed by atoms with Crippen LogP contribution in [0.15, 0.2) is 48.5 Å². The molecule has 2 aromatic carbocycles. The number of anilines is 2. The number of amides is 1. The second-order valence-corrected chi connectivity index (χ2v) is 9.57. The number of halogens is 1. The van der Waals surface area contributed by atoms with Crippen LogP contribution in [-0.4, -0.2) is 35.0 Å². The normalized spacial score (nSPS) is 18.3. The summed E-state index contributed by atoms with van der Waals surface area (Å²) in [5.41, 5.74) is 2.02. The van der Waals surface area contributed by atoms with Gasteiger partial charge in [0.25, 0.3) is 0 Å². The maximum absolute atomic E-state index is 12.7. The van der Waals surface area contributed by atoms with Gasteiger partial charge in [-0.05, 0) is 89.4 Å². The number of hydrogen-bond acceptors (Lipinski definition) is 4. The van der Waals surface area contributed by atoms with Crippen LogP contribution >= 0.6 is 11.6 Å². The third kappa shape index (κ3) is 5.89. The van der Waals surface area contributed by atoms with Crippen LogP contribution in [0.4, 0.5) is 16.2 Å². The van der Waals surface area contributed by atoms with E-state index >= 15 is 0 Å². The van der Waals surface area contributed by atoms with Crippen LogP contribution < -0.4 is 5.32 Å². The average Bonchev–Trinajstić information content (AvgIpc) is 2.96. The number of aryl methyl sites for hydroxylation is 1. The standard InChI is InChI=1S/C24H31ClN2O3/c1-23(2,3)30-22(28)27-21(16-29-24(27,4)5)15-8-17-6-11-19(12-7-17)26-20-13-9-18(25)10-14-20/h6-7,9-14,21,26H,8,15-16H2,1-5H3/t21-/m0/s1. The van der Waals surface area contributed by atoms with E-state index in [1.165, 1.54) is 5.56 Å². The fraction of sp³-hybridized carbons (Fsp3) is 0.458. The minimum atomic E-state index is -0.667. The summed E-state index contributed by atoms with van der Waals surface area (Å²) in [6.45, 7) is 9.97. The van der Waals surface area contributed by atoms with E-state index in [0.717, 1.165) is 29.2 Å². The summed E-state index contributed by atoms with van der Waals surface area (Å²) in [7, 11) is 0. The lowest BCUT2D eigenvalue weighted by Crippen LogP contribution is -2.49. The van der Waals surface area contributed by atoms with Gasteiger partial charge in [0.15, 0.2) is 0 Å². The fourth-order valence-electron chi connectivity index (χ4n) is 3.56. The Kier molecular flexibility index (Phi) is 6.63. The first-order valence-electron chi connectivity index (χ1n) is 10.3. The number of nitrogens with zero attached hydrogens (tertiary/aromatic N) is 1. The number of rotatable bonds is 5. The molecule has 1 saturated heterocycles. The van der Waals surface area contributed by atoms with Gasteiger partial charge in [0.2, 0.25) is 0 Å². The Hall–Kier alpha value is -2.24. The zero-order chi connectivity index (χ0) is 21.9. The number of carbonyl (C=O) groups excluding carboxylic acids is 1. The van der Waals surface area contributed by atoms with E-state index in [9.17, 15) is 4.79 Å². The lowest BCUT2D eigenvalue weighted by molar-refractivity contribution is -0.0626. The van der Waals surface area contributed by atoms with Crippen molar-refractivity contribution in [2.75, 3.05) is 11.9 Å². The van der Waals surface area contributed by atoms with Gasteiger partial charge in [0.05, 0.1) is 12.6 Å². The van der Waals surface area contributed by atoms with E-state index in [-0.39, 0.29) is 12.1 Å². The zero-order valence-electron chi connectivity index (χ0n) is 18.4. The number of ether oxygens (including phenoxy) is 2. The molecule has 0 aromatic heterocycles. The molecule has 0 aliphatic carbocycles. The molecule has 1 atom stereocenters. The van der Waals surface area contributed by atoms with Crippen LogP contribution in [0.3, 0.4) is 0 Å². The van der Waals surface area contributed by atoms with Crippen molar-refractivity contribution < 1.29 is 14.3 Å². The highest BCUT2D eigenvalue weighted by Gasteiger charge is 2.45. The molecule has 1 heterocycles. The minimum absolute atomic E-state index is 0.0123.